The van der Waals surface area contributed by atoms with E-state index in [9.17, 15) is 9.59 Å². The second kappa shape index (κ2) is 9.00. The minimum Gasteiger partial charge on any atom is -0.497 e. The molecule has 1 aromatic carbocycles. The van der Waals surface area contributed by atoms with Crippen LogP contribution in [0, 0.1) is 5.41 Å². The number of hydrogen-bond donors (Lipinski definition) is 2. The zero-order valence-electron chi connectivity index (χ0n) is 15.2. The van der Waals surface area contributed by atoms with E-state index in [-0.39, 0.29) is 17.6 Å². The van der Waals surface area contributed by atoms with E-state index in [1.54, 1.807) is 7.11 Å². The van der Waals surface area contributed by atoms with Gasteiger partial charge in [-0.05, 0) is 17.7 Å². The van der Waals surface area contributed by atoms with Crippen molar-refractivity contribution in [2.24, 2.45) is 5.41 Å². The lowest BCUT2D eigenvalue weighted by Gasteiger charge is -2.15. The fourth-order valence-corrected chi connectivity index (χ4v) is 3.30. The Morgan fingerprint density at radius 2 is 1.88 bits per heavy atom. The highest BCUT2D eigenvalue weighted by atomic mass is 32.2. The van der Waals surface area contributed by atoms with Crippen molar-refractivity contribution in [2.45, 2.75) is 31.7 Å². The number of nitrogens with zero attached hydrogens (tertiary/aromatic N) is 2. The molecule has 0 fully saturated rings. The standard InChI is InChI=1S/C17H22N4O3S2/c1-17(2,3)14(23)19-15-20-21-16(26-15)25-10-13(22)18-9-11-5-7-12(24-4)8-6-11/h5-8H,9-10H2,1-4H3,(H,18,22)(H,19,20,23). The van der Waals surface area contributed by atoms with Gasteiger partial charge in [0, 0.05) is 12.0 Å². The molecule has 140 valence electrons. The predicted molar refractivity (Wildman–Crippen MR) is 104 cm³/mol. The van der Waals surface area contributed by atoms with Gasteiger partial charge in [0.1, 0.15) is 5.75 Å². The SMILES string of the molecule is COc1ccc(CNC(=O)CSc2nnc(NC(=O)C(C)(C)C)s2)cc1. The molecule has 2 rings (SSSR count). The molecule has 2 N–H and O–H groups in total. The molecule has 0 saturated heterocycles. The first-order chi connectivity index (χ1) is 12.3. The molecule has 1 aromatic heterocycles. The number of carbonyl (C=O) groups excluding carboxylic acids is 2. The van der Waals surface area contributed by atoms with Gasteiger partial charge < -0.3 is 15.4 Å². The van der Waals surface area contributed by atoms with Gasteiger partial charge in [0.15, 0.2) is 4.34 Å². The third-order valence-corrected chi connectivity index (χ3v) is 5.26. The third-order valence-electron chi connectivity index (χ3n) is 3.28. The molecule has 0 radical (unpaired) electrons. The number of amides is 2. The van der Waals surface area contributed by atoms with Crippen molar-refractivity contribution in [1.29, 1.82) is 0 Å². The highest BCUT2D eigenvalue weighted by molar-refractivity contribution is 8.01. The van der Waals surface area contributed by atoms with Crippen LogP contribution in [-0.4, -0.2) is 34.9 Å². The van der Waals surface area contributed by atoms with E-state index in [0.717, 1.165) is 11.3 Å². The molecule has 2 amide bonds. The monoisotopic (exact) mass is 394 g/mol. The Labute approximate surface area is 160 Å². The Hall–Kier alpha value is -2.13. The molecule has 1 heterocycles. The quantitative estimate of drug-likeness (QED) is 0.554. The second-order valence-corrected chi connectivity index (χ2v) is 8.69. The summed E-state index contributed by atoms with van der Waals surface area (Å²) in [7, 11) is 1.61. The van der Waals surface area contributed by atoms with Crippen LogP contribution in [0.15, 0.2) is 28.6 Å². The summed E-state index contributed by atoms with van der Waals surface area (Å²) in [6.45, 7) is 5.93. The van der Waals surface area contributed by atoms with Gasteiger partial charge in [0.05, 0.1) is 12.9 Å². The van der Waals surface area contributed by atoms with Crippen molar-refractivity contribution in [3.8, 4) is 5.75 Å². The number of methoxy groups -OCH3 is 1. The molecule has 2 aromatic rings. The van der Waals surface area contributed by atoms with Gasteiger partial charge in [0.2, 0.25) is 16.9 Å². The predicted octanol–water partition coefficient (Wildman–Crippen LogP) is 2.94. The lowest BCUT2D eigenvalue weighted by atomic mass is 9.96. The maximum absolute atomic E-state index is 12.0. The summed E-state index contributed by atoms with van der Waals surface area (Å²) in [4.78, 5) is 23.9. The van der Waals surface area contributed by atoms with E-state index in [0.29, 0.717) is 16.0 Å². The van der Waals surface area contributed by atoms with Crippen molar-refractivity contribution in [3.05, 3.63) is 29.8 Å². The van der Waals surface area contributed by atoms with Gasteiger partial charge in [-0.25, -0.2) is 0 Å². The van der Waals surface area contributed by atoms with Crippen molar-refractivity contribution < 1.29 is 14.3 Å². The second-order valence-electron chi connectivity index (χ2n) is 6.49. The maximum atomic E-state index is 12.0. The smallest absolute Gasteiger partial charge is 0.231 e. The molecule has 0 aliphatic rings. The lowest BCUT2D eigenvalue weighted by molar-refractivity contribution is -0.123. The summed E-state index contributed by atoms with van der Waals surface area (Å²) < 4.78 is 5.73. The van der Waals surface area contributed by atoms with Crippen molar-refractivity contribution in [1.82, 2.24) is 15.5 Å². The van der Waals surface area contributed by atoms with Gasteiger partial charge in [-0.15, -0.1) is 10.2 Å². The summed E-state index contributed by atoms with van der Waals surface area (Å²) in [5.74, 6) is 0.794. The Balaban J connectivity index is 1.76. The average molecular weight is 395 g/mol. The van der Waals surface area contributed by atoms with Crippen LogP contribution < -0.4 is 15.4 Å². The van der Waals surface area contributed by atoms with Gasteiger partial charge in [-0.1, -0.05) is 56.0 Å². The number of rotatable bonds is 7. The van der Waals surface area contributed by atoms with Gasteiger partial charge in [-0.2, -0.15) is 0 Å². The Bertz CT molecular complexity index is 754. The number of thioether (sulfide) groups is 1. The van der Waals surface area contributed by atoms with Gasteiger partial charge in [0.25, 0.3) is 0 Å². The number of carbonyl (C=O) groups is 2. The number of aromatic nitrogens is 2. The fourth-order valence-electron chi connectivity index (χ4n) is 1.73. The van der Waals surface area contributed by atoms with E-state index in [4.69, 9.17) is 4.74 Å². The summed E-state index contributed by atoms with van der Waals surface area (Å²) in [5, 5.41) is 13.9. The first kappa shape index (κ1) is 20.2. The first-order valence-electron chi connectivity index (χ1n) is 7.95. The third kappa shape index (κ3) is 6.30. The van der Waals surface area contributed by atoms with Gasteiger partial charge >= 0.3 is 0 Å². The van der Waals surface area contributed by atoms with E-state index in [1.165, 1.54) is 23.1 Å². The first-order valence-corrected chi connectivity index (χ1v) is 9.75. The van der Waals surface area contributed by atoms with Crippen LogP contribution in [0.4, 0.5) is 5.13 Å². The van der Waals surface area contributed by atoms with Crippen molar-refractivity contribution >= 4 is 40.0 Å². The van der Waals surface area contributed by atoms with E-state index >= 15 is 0 Å². The van der Waals surface area contributed by atoms with Crippen LogP contribution in [0.2, 0.25) is 0 Å². The van der Waals surface area contributed by atoms with Crippen LogP contribution in [0.1, 0.15) is 26.3 Å². The summed E-state index contributed by atoms with van der Waals surface area (Å²) in [6.07, 6.45) is 0. The number of benzene rings is 1. The Morgan fingerprint density at radius 1 is 1.19 bits per heavy atom. The number of anilines is 1. The molecule has 26 heavy (non-hydrogen) atoms. The largest absolute Gasteiger partial charge is 0.497 e. The minimum absolute atomic E-state index is 0.0960. The Kier molecular flexibility index (Phi) is 6.98. The normalized spacial score (nSPS) is 11.1. The molecule has 7 nitrogen and oxygen atoms in total. The average Bonchev–Trinajstić information content (AvgIpc) is 3.05. The number of nitrogens with one attached hydrogen (secondary N) is 2. The highest BCUT2D eigenvalue weighted by Gasteiger charge is 2.22. The molecular formula is C17H22N4O3S2. The molecular weight excluding hydrogens is 372 g/mol. The zero-order valence-corrected chi connectivity index (χ0v) is 16.8. The molecule has 9 heteroatoms. The van der Waals surface area contributed by atoms with Crippen LogP contribution in [-0.2, 0) is 16.1 Å². The molecule has 0 aliphatic carbocycles. The van der Waals surface area contributed by atoms with Crippen LogP contribution in [0.3, 0.4) is 0 Å². The molecule has 0 spiro atoms. The van der Waals surface area contributed by atoms with Crippen LogP contribution in [0.5, 0.6) is 5.75 Å². The number of hydrogen-bond acceptors (Lipinski definition) is 7. The summed E-state index contributed by atoms with van der Waals surface area (Å²) >= 11 is 2.54. The molecule has 0 saturated carbocycles. The number of ether oxygens (including phenoxy) is 1. The van der Waals surface area contributed by atoms with E-state index in [2.05, 4.69) is 20.8 Å². The zero-order chi connectivity index (χ0) is 19.2. The van der Waals surface area contributed by atoms with E-state index in [1.807, 2.05) is 45.0 Å². The van der Waals surface area contributed by atoms with Crippen LogP contribution >= 0.6 is 23.1 Å². The topological polar surface area (TPSA) is 93.2 Å². The summed E-state index contributed by atoms with van der Waals surface area (Å²) in [5.41, 5.74) is 0.493. The fraction of sp³-hybridized carbons (Fsp3) is 0.412. The minimum atomic E-state index is -0.500. The van der Waals surface area contributed by atoms with Crippen molar-refractivity contribution in [3.63, 3.8) is 0 Å². The highest BCUT2D eigenvalue weighted by Crippen LogP contribution is 2.26. The van der Waals surface area contributed by atoms with E-state index < -0.39 is 5.41 Å². The lowest BCUT2D eigenvalue weighted by Crippen LogP contribution is -2.27. The van der Waals surface area contributed by atoms with Gasteiger partial charge in [-0.3, -0.25) is 9.59 Å². The molecule has 0 bridgehead atoms. The summed E-state index contributed by atoms with van der Waals surface area (Å²) in [6, 6.07) is 7.51. The van der Waals surface area contributed by atoms with Crippen molar-refractivity contribution in [2.75, 3.05) is 18.2 Å². The molecule has 0 atom stereocenters. The molecule has 0 unspecified atom stereocenters. The Morgan fingerprint density at radius 3 is 2.50 bits per heavy atom. The maximum Gasteiger partial charge on any atom is 0.231 e. The van der Waals surface area contributed by atoms with Crippen LogP contribution in [0.25, 0.3) is 0 Å². The molecule has 0 aliphatic heterocycles.